The number of hydrogen-bond acceptors (Lipinski definition) is 5. The van der Waals surface area contributed by atoms with Gasteiger partial charge in [0.1, 0.15) is 17.5 Å². The average molecular weight is 421 g/mol. The highest BCUT2D eigenvalue weighted by molar-refractivity contribution is 5.99. The topological polar surface area (TPSA) is 71.9 Å². The summed E-state index contributed by atoms with van der Waals surface area (Å²) in [5, 5.41) is 10.3. The third-order valence-electron chi connectivity index (χ3n) is 5.66. The van der Waals surface area contributed by atoms with Crippen molar-refractivity contribution in [2.24, 2.45) is 0 Å². The molecule has 6 heteroatoms. The molecular weight excluding hydrogens is 392 g/mol. The van der Waals surface area contributed by atoms with E-state index in [2.05, 4.69) is 11.8 Å². The molecule has 2 fully saturated rings. The van der Waals surface area contributed by atoms with E-state index in [0.717, 1.165) is 16.8 Å². The lowest BCUT2D eigenvalue weighted by molar-refractivity contribution is -0.157. The minimum Gasteiger partial charge on any atom is -0.378 e. The summed E-state index contributed by atoms with van der Waals surface area (Å²) in [6.45, 7) is 7.62. The SMILES string of the molecule is CC[C@](C)(O)C#Cc1ccc(N2C[C@H]3OC(C)(C)O[C@H]3C2=O)nc1Cc1ccccc1. The van der Waals surface area contributed by atoms with Gasteiger partial charge in [-0.05, 0) is 44.9 Å². The first-order valence-corrected chi connectivity index (χ1v) is 10.6. The Labute approximate surface area is 183 Å². The number of carbonyl (C=O) groups is 1. The first kappa shape index (κ1) is 21.5. The second-order valence-electron chi connectivity index (χ2n) is 8.75. The number of aliphatic hydroxyl groups is 1. The van der Waals surface area contributed by atoms with Crippen LogP contribution in [0.2, 0.25) is 0 Å². The predicted octanol–water partition coefficient (Wildman–Crippen LogP) is 3.05. The fourth-order valence-electron chi connectivity index (χ4n) is 3.78. The van der Waals surface area contributed by atoms with Crippen molar-refractivity contribution in [2.45, 2.75) is 64.1 Å². The maximum absolute atomic E-state index is 12.9. The Kier molecular flexibility index (Phi) is 5.61. The minimum atomic E-state index is -1.06. The molecule has 3 atom stereocenters. The van der Waals surface area contributed by atoms with Crippen LogP contribution in [0.3, 0.4) is 0 Å². The summed E-state index contributed by atoms with van der Waals surface area (Å²) in [7, 11) is 0. The Morgan fingerprint density at radius 2 is 1.97 bits per heavy atom. The number of pyridine rings is 1. The van der Waals surface area contributed by atoms with Crippen LogP contribution in [0.15, 0.2) is 42.5 Å². The van der Waals surface area contributed by atoms with E-state index >= 15 is 0 Å². The van der Waals surface area contributed by atoms with Crippen LogP contribution in [0.5, 0.6) is 0 Å². The second kappa shape index (κ2) is 8.08. The number of fused-ring (bicyclic) bond motifs is 1. The molecule has 31 heavy (non-hydrogen) atoms. The molecule has 1 aromatic carbocycles. The van der Waals surface area contributed by atoms with Crippen molar-refractivity contribution in [1.82, 2.24) is 4.98 Å². The van der Waals surface area contributed by atoms with Crippen LogP contribution in [0, 0.1) is 11.8 Å². The fourth-order valence-corrected chi connectivity index (χ4v) is 3.78. The van der Waals surface area contributed by atoms with E-state index < -0.39 is 17.5 Å². The third kappa shape index (κ3) is 4.64. The van der Waals surface area contributed by atoms with Crippen LogP contribution in [-0.2, 0) is 20.7 Å². The average Bonchev–Trinajstić information content (AvgIpc) is 3.20. The molecule has 162 valence electrons. The van der Waals surface area contributed by atoms with Gasteiger partial charge in [0.25, 0.3) is 5.91 Å². The molecule has 0 radical (unpaired) electrons. The van der Waals surface area contributed by atoms with Gasteiger partial charge in [-0.25, -0.2) is 4.98 Å². The lowest BCUT2D eigenvalue weighted by Crippen LogP contribution is -2.34. The highest BCUT2D eigenvalue weighted by Crippen LogP contribution is 2.35. The van der Waals surface area contributed by atoms with Crippen LogP contribution < -0.4 is 4.90 Å². The molecule has 0 bridgehead atoms. The first-order chi connectivity index (χ1) is 14.7. The van der Waals surface area contributed by atoms with Crippen molar-refractivity contribution in [3.63, 3.8) is 0 Å². The number of ether oxygens (including phenoxy) is 2. The quantitative estimate of drug-likeness (QED) is 0.770. The zero-order valence-electron chi connectivity index (χ0n) is 18.4. The molecule has 0 spiro atoms. The molecule has 0 saturated carbocycles. The monoisotopic (exact) mass is 420 g/mol. The van der Waals surface area contributed by atoms with Crippen molar-refractivity contribution in [1.29, 1.82) is 0 Å². The van der Waals surface area contributed by atoms with Crippen molar-refractivity contribution in [2.75, 3.05) is 11.4 Å². The maximum Gasteiger partial charge on any atom is 0.260 e. The van der Waals surface area contributed by atoms with E-state index in [1.807, 2.05) is 57.2 Å². The molecule has 1 amide bonds. The molecule has 0 unspecified atom stereocenters. The number of nitrogens with zero attached hydrogens (tertiary/aromatic N) is 2. The summed E-state index contributed by atoms with van der Waals surface area (Å²) >= 11 is 0. The Hall–Kier alpha value is -2.72. The van der Waals surface area contributed by atoms with E-state index in [1.165, 1.54) is 0 Å². The van der Waals surface area contributed by atoms with Gasteiger partial charge in [0.05, 0.1) is 12.2 Å². The zero-order valence-corrected chi connectivity index (χ0v) is 18.4. The van der Waals surface area contributed by atoms with Gasteiger partial charge in [0, 0.05) is 12.0 Å². The van der Waals surface area contributed by atoms with Crippen LogP contribution >= 0.6 is 0 Å². The van der Waals surface area contributed by atoms with Crippen LogP contribution in [0.25, 0.3) is 0 Å². The molecule has 2 saturated heterocycles. The Morgan fingerprint density at radius 1 is 1.23 bits per heavy atom. The van der Waals surface area contributed by atoms with Gasteiger partial charge in [-0.1, -0.05) is 49.1 Å². The molecule has 0 aliphatic carbocycles. The lowest BCUT2D eigenvalue weighted by Gasteiger charge is -2.23. The number of anilines is 1. The molecule has 2 aliphatic heterocycles. The fraction of sp³-hybridized carbons (Fsp3) is 0.440. The van der Waals surface area contributed by atoms with Crippen LogP contribution in [-0.4, -0.2) is 46.1 Å². The summed E-state index contributed by atoms with van der Waals surface area (Å²) in [6, 6.07) is 13.7. The van der Waals surface area contributed by atoms with Gasteiger partial charge in [-0.3, -0.25) is 9.69 Å². The zero-order chi connectivity index (χ0) is 22.2. The molecule has 1 aromatic heterocycles. The van der Waals surface area contributed by atoms with Crippen molar-refractivity contribution in [3.05, 3.63) is 59.3 Å². The van der Waals surface area contributed by atoms with Crippen molar-refractivity contribution in [3.8, 4) is 11.8 Å². The van der Waals surface area contributed by atoms with Crippen LogP contribution in [0.4, 0.5) is 5.82 Å². The number of carbonyl (C=O) groups excluding carboxylic acids is 1. The van der Waals surface area contributed by atoms with E-state index in [4.69, 9.17) is 14.5 Å². The Balaban J connectivity index is 1.66. The molecule has 1 N–H and O–H groups in total. The van der Waals surface area contributed by atoms with E-state index in [0.29, 0.717) is 25.2 Å². The highest BCUT2D eigenvalue weighted by atomic mass is 16.8. The second-order valence-corrected chi connectivity index (χ2v) is 8.75. The van der Waals surface area contributed by atoms with Gasteiger partial charge < -0.3 is 14.6 Å². The van der Waals surface area contributed by atoms with Gasteiger partial charge in [-0.2, -0.15) is 0 Å². The largest absolute Gasteiger partial charge is 0.378 e. The van der Waals surface area contributed by atoms with Gasteiger partial charge in [0.2, 0.25) is 0 Å². The number of hydrogen-bond donors (Lipinski definition) is 1. The maximum atomic E-state index is 12.9. The minimum absolute atomic E-state index is 0.138. The molecule has 4 rings (SSSR count). The summed E-state index contributed by atoms with van der Waals surface area (Å²) in [5.41, 5.74) is 1.53. The van der Waals surface area contributed by atoms with E-state index in [1.54, 1.807) is 17.9 Å². The summed E-state index contributed by atoms with van der Waals surface area (Å²) < 4.78 is 11.7. The Bertz CT molecular complexity index is 1040. The predicted molar refractivity (Wildman–Crippen MR) is 117 cm³/mol. The molecule has 6 nitrogen and oxygen atoms in total. The molecule has 2 aromatic rings. The normalized spacial score (nSPS) is 23.8. The lowest BCUT2D eigenvalue weighted by atomic mass is 10.0. The molecule has 3 heterocycles. The molecular formula is C25H28N2O4. The van der Waals surface area contributed by atoms with Gasteiger partial charge >= 0.3 is 0 Å². The number of rotatable bonds is 4. The number of benzene rings is 1. The first-order valence-electron chi connectivity index (χ1n) is 10.6. The van der Waals surface area contributed by atoms with Crippen molar-refractivity contribution < 1.29 is 19.4 Å². The van der Waals surface area contributed by atoms with E-state index in [-0.39, 0.29) is 12.0 Å². The van der Waals surface area contributed by atoms with Crippen LogP contribution in [0.1, 0.15) is 50.9 Å². The number of aromatic nitrogens is 1. The van der Waals surface area contributed by atoms with Gasteiger partial charge in [-0.15, -0.1) is 0 Å². The molecule has 2 aliphatic rings. The van der Waals surface area contributed by atoms with Crippen molar-refractivity contribution >= 4 is 11.7 Å². The summed E-state index contributed by atoms with van der Waals surface area (Å²) in [4.78, 5) is 19.4. The third-order valence-corrected chi connectivity index (χ3v) is 5.66. The van der Waals surface area contributed by atoms with E-state index in [9.17, 15) is 9.90 Å². The highest BCUT2D eigenvalue weighted by Gasteiger charge is 2.52. The summed E-state index contributed by atoms with van der Waals surface area (Å²) in [5.74, 6) is 5.69. The summed E-state index contributed by atoms with van der Waals surface area (Å²) in [6.07, 6.45) is 0.192. The number of amides is 1. The smallest absolute Gasteiger partial charge is 0.260 e. The standard InChI is InChI=1S/C25H28N2O4/c1-5-25(4,29)14-13-18-11-12-21(26-19(18)15-17-9-7-6-8-10-17)27-16-20-22(23(27)28)31-24(2,3)30-20/h6-12,20,22,29H,5,15-16H2,1-4H3/t20-,22-,25+/m1/s1. The Morgan fingerprint density at radius 3 is 2.65 bits per heavy atom. The van der Waals surface area contributed by atoms with Gasteiger partial charge in [0.15, 0.2) is 11.9 Å².